The first-order valence-corrected chi connectivity index (χ1v) is 6.71. The third kappa shape index (κ3) is 3.79. The van der Waals surface area contributed by atoms with Crippen molar-refractivity contribution in [3.8, 4) is 0 Å². The van der Waals surface area contributed by atoms with Crippen LogP contribution in [-0.4, -0.2) is 17.7 Å². The number of nitrogens with one attached hydrogen (secondary N) is 2. The van der Waals surface area contributed by atoms with Gasteiger partial charge in [-0.2, -0.15) is 0 Å². The Morgan fingerprint density at radius 2 is 1.77 bits per heavy atom. The molecule has 0 aliphatic heterocycles. The molecule has 2 aromatic rings. The van der Waals surface area contributed by atoms with E-state index in [0.29, 0.717) is 5.69 Å². The molecule has 0 saturated heterocycles. The second-order valence-electron chi connectivity index (χ2n) is 4.80. The Hall–Kier alpha value is -2.47. The number of anilines is 1. The van der Waals surface area contributed by atoms with Crippen LogP contribution in [0.5, 0.6) is 0 Å². The van der Waals surface area contributed by atoms with E-state index in [1.54, 1.807) is 12.1 Å². The average Bonchev–Trinajstić information content (AvgIpc) is 2.47. The number of hydrogen-bond acceptors (Lipinski definition) is 2. The summed E-state index contributed by atoms with van der Waals surface area (Å²) in [5, 5.41) is 14.8. The number of carbonyl (C=O) groups excluding carboxylic acids is 1. The van der Waals surface area contributed by atoms with E-state index in [4.69, 9.17) is 0 Å². The minimum Gasteiger partial charge on any atom is -0.386 e. The van der Waals surface area contributed by atoms with Gasteiger partial charge < -0.3 is 15.7 Å². The number of aryl methyl sites for hydroxylation is 1. The molecule has 0 aliphatic carbocycles. The highest BCUT2D eigenvalue weighted by Crippen LogP contribution is 2.20. The van der Waals surface area contributed by atoms with Crippen molar-refractivity contribution in [1.29, 1.82) is 0 Å². The van der Waals surface area contributed by atoms with E-state index < -0.39 is 29.3 Å². The van der Waals surface area contributed by atoms with E-state index in [-0.39, 0.29) is 6.54 Å². The summed E-state index contributed by atoms with van der Waals surface area (Å²) in [6.45, 7) is 1.52. The van der Waals surface area contributed by atoms with Crippen LogP contribution in [0.15, 0.2) is 42.5 Å². The molecule has 2 aromatic carbocycles. The third-order valence-electron chi connectivity index (χ3n) is 3.18. The molecule has 0 fully saturated rings. The van der Waals surface area contributed by atoms with Crippen molar-refractivity contribution >= 4 is 11.7 Å². The summed E-state index contributed by atoms with van der Waals surface area (Å²) in [7, 11) is 0. The molecule has 0 aliphatic rings. The molecule has 1 atom stereocenters. The molecule has 22 heavy (non-hydrogen) atoms. The Morgan fingerprint density at radius 3 is 2.41 bits per heavy atom. The number of rotatable bonds is 4. The first-order chi connectivity index (χ1) is 10.5. The fourth-order valence-corrected chi connectivity index (χ4v) is 2.00. The lowest BCUT2D eigenvalue weighted by Crippen LogP contribution is -2.33. The number of para-hydroxylation sites is 1. The quantitative estimate of drug-likeness (QED) is 0.812. The monoisotopic (exact) mass is 306 g/mol. The standard InChI is InChI=1S/C16H16F2N2O2/c1-10-5-2-3-8-13(10)20-16(22)19-9-14(21)15-11(17)6-4-7-12(15)18/h2-8,14,21H,9H2,1H3,(H2,19,20,22). The molecule has 0 spiro atoms. The number of halogens is 2. The van der Waals surface area contributed by atoms with Crippen molar-refractivity contribution in [2.45, 2.75) is 13.0 Å². The van der Waals surface area contributed by atoms with Gasteiger partial charge >= 0.3 is 6.03 Å². The predicted octanol–water partition coefficient (Wildman–Crippen LogP) is 3.13. The normalized spacial score (nSPS) is 11.8. The van der Waals surface area contributed by atoms with Gasteiger partial charge in [0.2, 0.25) is 0 Å². The van der Waals surface area contributed by atoms with Gasteiger partial charge in [0.05, 0.1) is 5.56 Å². The summed E-state index contributed by atoms with van der Waals surface area (Å²) in [5.41, 5.74) is 1.03. The van der Waals surface area contributed by atoms with Crippen molar-refractivity contribution in [1.82, 2.24) is 5.32 Å². The molecule has 3 N–H and O–H groups in total. The maximum Gasteiger partial charge on any atom is 0.319 e. The maximum atomic E-state index is 13.5. The summed E-state index contributed by atoms with van der Waals surface area (Å²) in [6, 6.07) is 9.91. The molecule has 4 nitrogen and oxygen atoms in total. The molecule has 116 valence electrons. The molecule has 0 heterocycles. The zero-order valence-electron chi connectivity index (χ0n) is 11.9. The first-order valence-electron chi connectivity index (χ1n) is 6.71. The summed E-state index contributed by atoms with van der Waals surface area (Å²) < 4.78 is 27.0. The van der Waals surface area contributed by atoms with Crippen LogP contribution in [0.3, 0.4) is 0 Å². The summed E-state index contributed by atoms with van der Waals surface area (Å²) in [4.78, 5) is 11.7. The molecule has 0 bridgehead atoms. The fraction of sp³-hybridized carbons (Fsp3) is 0.188. The van der Waals surface area contributed by atoms with Gasteiger partial charge in [-0.15, -0.1) is 0 Å². The van der Waals surface area contributed by atoms with Gasteiger partial charge in [0.25, 0.3) is 0 Å². The Morgan fingerprint density at radius 1 is 1.14 bits per heavy atom. The minimum absolute atomic E-state index is 0.310. The number of benzene rings is 2. The second kappa shape index (κ2) is 7.00. The molecule has 0 aromatic heterocycles. The van der Waals surface area contributed by atoms with Crippen molar-refractivity contribution in [2.24, 2.45) is 0 Å². The van der Waals surface area contributed by atoms with Crippen LogP contribution in [0.2, 0.25) is 0 Å². The largest absolute Gasteiger partial charge is 0.386 e. The van der Waals surface area contributed by atoms with Gasteiger partial charge in [0, 0.05) is 12.2 Å². The van der Waals surface area contributed by atoms with E-state index in [0.717, 1.165) is 17.7 Å². The molecule has 0 saturated carbocycles. The average molecular weight is 306 g/mol. The lowest BCUT2D eigenvalue weighted by Gasteiger charge is -2.15. The number of aliphatic hydroxyl groups is 1. The van der Waals surface area contributed by atoms with Gasteiger partial charge in [0.15, 0.2) is 0 Å². The number of aliphatic hydroxyl groups excluding tert-OH is 1. The van der Waals surface area contributed by atoms with Gasteiger partial charge in [-0.05, 0) is 30.7 Å². The highest BCUT2D eigenvalue weighted by atomic mass is 19.1. The van der Waals surface area contributed by atoms with Crippen molar-refractivity contribution in [2.75, 3.05) is 11.9 Å². The zero-order chi connectivity index (χ0) is 16.1. The maximum absolute atomic E-state index is 13.5. The van der Waals surface area contributed by atoms with Crippen LogP contribution < -0.4 is 10.6 Å². The van der Waals surface area contributed by atoms with Crippen LogP contribution in [0, 0.1) is 18.6 Å². The topological polar surface area (TPSA) is 61.4 Å². The molecular weight excluding hydrogens is 290 g/mol. The van der Waals surface area contributed by atoms with Crippen molar-refractivity contribution in [3.05, 3.63) is 65.2 Å². The molecule has 6 heteroatoms. The summed E-state index contributed by atoms with van der Waals surface area (Å²) in [5.74, 6) is -1.71. The predicted molar refractivity (Wildman–Crippen MR) is 79.5 cm³/mol. The van der Waals surface area contributed by atoms with Gasteiger partial charge in [0.1, 0.15) is 17.7 Å². The Labute approximate surface area is 126 Å². The second-order valence-corrected chi connectivity index (χ2v) is 4.80. The third-order valence-corrected chi connectivity index (χ3v) is 3.18. The molecule has 2 rings (SSSR count). The smallest absolute Gasteiger partial charge is 0.319 e. The van der Waals surface area contributed by atoms with Crippen LogP contribution in [0.1, 0.15) is 17.2 Å². The number of urea groups is 1. The Kier molecular flexibility index (Phi) is 5.06. The highest BCUT2D eigenvalue weighted by Gasteiger charge is 2.18. The van der Waals surface area contributed by atoms with Crippen molar-refractivity contribution in [3.63, 3.8) is 0 Å². The van der Waals surface area contributed by atoms with Crippen LogP contribution in [0.4, 0.5) is 19.3 Å². The molecule has 0 radical (unpaired) electrons. The van der Waals surface area contributed by atoms with E-state index >= 15 is 0 Å². The van der Waals surface area contributed by atoms with E-state index in [9.17, 15) is 18.7 Å². The number of amides is 2. The van der Waals surface area contributed by atoms with E-state index in [2.05, 4.69) is 10.6 Å². The van der Waals surface area contributed by atoms with Crippen LogP contribution >= 0.6 is 0 Å². The van der Waals surface area contributed by atoms with E-state index in [1.807, 2.05) is 19.1 Å². The lowest BCUT2D eigenvalue weighted by atomic mass is 10.1. The lowest BCUT2D eigenvalue weighted by molar-refractivity contribution is 0.166. The first kappa shape index (κ1) is 15.9. The highest BCUT2D eigenvalue weighted by molar-refractivity contribution is 5.90. The van der Waals surface area contributed by atoms with Gasteiger partial charge in [-0.3, -0.25) is 0 Å². The molecular formula is C16H16F2N2O2. The summed E-state index contributed by atoms with van der Waals surface area (Å²) in [6.07, 6.45) is -1.47. The minimum atomic E-state index is -1.47. The van der Waals surface area contributed by atoms with Gasteiger partial charge in [-0.25, -0.2) is 13.6 Å². The SMILES string of the molecule is Cc1ccccc1NC(=O)NCC(O)c1c(F)cccc1F. The fourth-order valence-electron chi connectivity index (χ4n) is 2.00. The Balaban J connectivity index is 1.95. The zero-order valence-corrected chi connectivity index (χ0v) is 11.9. The number of carbonyl (C=O) groups is 1. The summed E-state index contributed by atoms with van der Waals surface area (Å²) >= 11 is 0. The van der Waals surface area contributed by atoms with Gasteiger partial charge in [-0.1, -0.05) is 24.3 Å². The van der Waals surface area contributed by atoms with Crippen LogP contribution in [0.25, 0.3) is 0 Å². The Bertz CT molecular complexity index is 657. The van der Waals surface area contributed by atoms with Crippen molar-refractivity contribution < 1.29 is 18.7 Å². The van der Waals surface area contributed by atoms with Crippen LogP contribution in [-0.2, 0) is 0 Å². The van der Waals surface area contributed by atoms with E-state index in [1.165, 1.54) is 6.07 Å². The molecule has 2 amide bonds. The number of hydrogen-bond donors (Lipinski definition) is 3. The molecule has 1 unspecified atom stereocenters.